The number of benzene rings is 3. The summed E-state index contributed by atoms with van der Waals surface area (Å²) >= 11 is 0. The van der Waals surface area contributed by atoms with Gasteiger partial charge in [-0.05, 0) is 91.8 Å². The van der Waals surface area contributed by atoms with Crippen LogP contribution in [0.15, 0.2) is 60.7 Å². The average Bonchev–Trinajstić information content (AvgIpc) is 2.76. The third-order valence-electron chi connectivity index (χ3n) is 5.84. The molecule has 1 atom stereocenters. The molecule has 3 rings (SSSR count). The highest BCUT2D eigenvalue weighted by Crippen LogP contribution is 2.25. The lowest BCUT2D eigenvalue weighted by Crippen LogP contribution is -2.30. The molecule has 0 saturated carbocycles. The lowest BCUT2D eigenvalue weighted by Gasteiger charge is -2.19. The standard InChI is InChI=1S/C29H34N2O3/c1-18-15-19(2)20(3)26(16-18)34-21(4)27(32)30-24-9-8-10-25(17-24)31-28(33)22-11-13-23(14-12-22)29(5,6)7/h8-17,21H,1-7H3,(H,30,32)(H,31,33). The Bertz CT molecular complexity index is 1190. The lowest BCUT2D eigenvalue weighted by atomic mass is 9.87. The molecule has 34 heavy (non-hydrogen) atoms. The summed E-state index contributed by atoms with van der Waals surface area (Å²) in [5, 5.41) is 5.77. The maximum absolute atomic E-state index is 12.7. The second-order valence-corrected chi connectivity index (χ2v) is 9.82. The van der Waals surface area contributed by atoms with Crippen LogP contribution in [0.25, 0.3) is 0 Å². The molecule has 0 aliphatic heterocycles. The van der Waals surface area contributed by atoms with Crippen LogP contribution in [0.2, 0.25) is 0 Å². The Morgan fingerprint density at radius 3 is 2.09 bits per heavy atom. The Hall–Kier alpha value is -3.60. The molecular formula is C29H34N2O3. The van der Waals surface area contributed by atoms with Crippen molar-refractivity contribution >= 4 is 23.2 Å². The summed E-state index contributed by atoms with van der Waals surface area (Å²) in [6.07, 6.45) is -0.681. The SMILES string of the molecule is Cc1cc(C)c(C)c(OC(C)C(=O)Nc2cccc(NC(=O)c3ccc(C(C)(C)C)cc3)c2)c1. The molecule has 5 heteroatoms. The molecule has 0 aromatic heterocycles. The van der Waals surface area contributed by atoms with Gasteiger partial charge in [0.2, 0.25) is 0 Å². The first-order valence-corrected chi connectivity index (χ1v) is 11.5. The normalized spacial score (nSPS) is 12.1. The maximum Gasteiger partial charge on any atom is 0.265 e. The van der Waals surface area contributed by atoms with Crippen molar-refractivity contribution in [2.24, 2.45) is 0 Å². The summed E-state index contributed by atoms with van der Waals surface area (Å²) in [4.78, 5) is 25.4. The van der Waals surface area contributed by atoms with Gasteiger partial charge in [0.25, 0.3) is 11.8 Å². The predicted molar refractivity (Wildman–Crippen MR) is 139 cm³/mol. The molecule has 0 radical (unpaired) electrons. The zero-order chi connectivity index (χ0) is 25.0. The van der Waals surface area contributed by atoms with E-state index in [1.54, 1.807) is 31.2 Å². The van der Waals surface area contributed by atoms with E-state index in [1.807, 2.05) is 51.1 Å². The first kappa shape index (κ1) is 25.0. The minimum atomic E-state index is -0.681. The van der Waals surface area contributed by atoms with E-state index in [1.165, 1.54) is 5.56 Å². The highest BCUT2D eigenvalue weighted by molar-refractivity contribution is 6.04. The van der Waals surface area contributed by atoms with E-state index in [2.05, 4.69) is 37.5 Å². The zero-order valence-corrected chi connectivity index (χ0v) is 21.1. The smallest absolute Gasteiger partial charge is 0.265 e. The van der Waals surface area contributed by atoms with Gasteiger partial charge < -0.3 is 15.4 Å². The highest BCUT2D eigenvalue weighted by atomic mass is 16.5. The molecular weight excluding hydrogens is 424 g/mol. The van der Waals surface area contributed by atoms with Crippen molar-refractivity contribution in [2.45, 2.75) is 60.0 Å². The van der Waals surface area contributed by atoms with Crippen LogP contribution in [-0.2, 0) is 10.2 Å². The van der Waals surface area contributed by atoms with Gasteiger partial charge in [-0.3, -0.25) is 9.59 Å². The van der Waals surface area contributed by atoms with Gasteiger partial charge in [0.1, 0.15) is 5.75 Å². The molecule has 1 unspecified atom stereocenters. The van der Waals surface area contributed by atoms with Gasteiger partial charge in [-0.15, -0.1) is 0 Å². The number of hydrogen-bond acceptors (Lipinski definition) is 3. The van der Waals surface area contributed by atoms with E-state index in [0.29, 0.717) is 22.7 Å². The van der Waals surface area contributed by atoms with Crippen molar-refractivity contribution in [3.05, 3.63) is 88.5 Å². The molecule has 0 spiro atoms. The number of carbonyl (C=O) groups excluding carboxylic acids is 2. The average molecular weight is 459 g/mol. The van der Waals surface area contributed by atoms with Crippen molar-refractivity contribution in [3.63, 3.8) is 0 Å². The van der Waals surface area contributed by atoms with Crippen LogP contribution in [0.1, 0.15) is 60.3 Å². The summed E-state index contributed by atoms with van der Waals surface area (Å²) in [6, 6.07) is 18.7. The number of nitrogens with one attached hydrogen (secondary N) is 2. The van der Waals surface area contributed by atoms with Gasteiger partial charge >= 0.3 is 0 Å². The van der Waals surface area contributed by atoms with Gasteiger partial charge in [0, 0.05) is 16.9 Å². The predicted octanol–water partition coefficient (Wildman–Crippen LogP) is 6.57. The molecule has 178 valence electrons. The van der Waals surface area contributed by atoms with Crippen molar-refractivity contribution in [2.75, 3.05) is 10.6 Å². The van der Waals surface area contributed by atoms with Crippen molar-refractivity contribution in [3.8, 4) is 5.75 Å². The fourth-order valence-electron chi connectivity index (χ4n) is 3.61. The van der Waals surface area contributed by atoms with Crippen LogP contribution in [0.3, 0.4) is 0 Å². The lowest BCUT2D eigenvalue weighted by molar-refractivity contribution is -0.122. The summed E-state index contributed by atoms with van der Waals surface area (Å²) in [6.45, 7) is 14.1. The number of hydrogen-bond donors (Lipinski definition) is 2. The van der Waals surface area contributed by atoms with Gasteiger partial charge in [0.15, 0.2) is 6.10 Å². The van der Waals surface area contributed by atoms with E-state index in [9.17, 15) is 9.59 Å². The summed E-state index contributed by atoms with van der Waals surface area (Å²) in [5.74, 6) is 0.240. The zero-order valence-electron chi connectivity index (χ0n) is 21.1. The maximum atomic E-state index is 12.7. The second-order valence-electron chi connectivity index (χ2n) is 9.82. The number of rotatable bonds is 6. The molecule has 5 nitrogen and oxygen atoms in total. The topological polar surface area (TPSA) is 67.4 Å². The molecule has 3 aromatic rings. The van der Waals surface area contributed by atoms with Crippen LogP contribution < -0.4 is 15.4 Å². The quantitative estimate of drug-likeness (QED) is 0.439. The Morgan fingerprint density at radius 2 is 1.47 bits per heavy atom. The summed E-state index contributed by atoms with van der Waals surface area (Å²) in [7, 11) is 0. The molecule has 0 heterocycles. The van der Waals surface area contributed by atoms with E-state index >= 15 is 0 Å². The summed E-state index contributed by atoms with van der Waals surface area (Å²) in [5.41, 5.74) is 6.18. The third-order valence-corrected chi connectivity index (χ3v) is 5.84. The van der Waals surface area contributed by atoms with Crippen LogP contribution in [-0.4, -0.2) is 17.9 Å². The van der Waals surface area contributed by atoms with Gasteiger partial charge in [-0.25, -0.2) is 0 Å². The van der Waals surface area contributed by atoms with Crippen molar-refractivity contribution in [1.82, 2.24) is 0 Å². The van der Waals surface area contributed by atoms with Crippen LogP contribution in [0.4, 0.5) is 11.4 Å². The van der Waals surface area contributed by atoms with Gasteiger partial charge in [-0.2, -0.15) is 0 Å². The Morgan fingerprint density at radius 1 is 0.853 bits per heavy atom. The fraction of sp³-hybridized carbons (Fsp3) is 0.310. The number of amides is 2. The molecule has 0 bridgehead atoms. The Balaban J connectivity index is 1.65. The fourth-order valence-corrected chi connectivity index (χ4v) is 3.61. The second kappa shape index (κ2) is 10.1. The van der Waals surface area contributed by atoms with Crippen LogP contribution in [0.5, 0.6) is 5.75 Å². The molecule has 0 aliphatic rings. The van der Waals surface area contributed by atoms with E-state index < -0.39 is 6.10 Å². The number of ether oxygens (including phenoxy) is 1. The molecule has 2 amide bonds. The minimum absolute atomic E-state index is 0.0270. The Kier molecular flexibility index (Phi) is 7.45. The molecule has 3 aromatic carbocycles. The van der Waals surface area contributed by atoms with Gasteiger partial charge in [0.05, 0.1) is 0 Å². The first-order valence-electron chi connectivity index (χ1n) is 11.5. The van der Waals surface area contributed by atoms with Crippen LogP contribution >= 0.6 is 0 Å². The number of anilines is 2. The van der Waals surface area contributed by atoms with Crippen molar-refractivity contribution < 1.29 is 14.3 Å². The monoisotopic (exact) mass is 458 g/mol. The number of carbonyl (C=O) groups is 2. The van der Waals surface area contributed by atoms with Crippen LogP contribution in [0, 0.1) is 20.8 Å². The highest BCUT2D eigenvalue weighted by Gasteiger charge is 2.18. The van der Waals surface area contributed by atoms with Crippen molar-refractivity contribution in [1.29, 1.82) is 0 Å². The van der Waals surface area contributed by atoms with E-state index in [4.69, 9.17) is 4.74 Å². The van der Waals surface area contributed by atoms with E-state index in [-0.39, 0.29) is 17.2 Å². The molecule has 0 aliphatic carbocycles. The summed E-state index contributed by atoms with van der Waals surface area (Å²) < 4.78 is 5.95. The Labute approximate surface area is 202 Å². The third kappa shape index (κ3) is 6.25. The van der Waals surface area contributed by atoms with Gasteiger partial charge in [-0.1, -0.05) is 45.0 Å². The largest absolute Gasteiger partial charge is 0.481 e. The minimum Gasteiger partial charge on any atom is -0.481 e. The first-order chi connectivity index (χ1) is 15.9. The number of aryl methyl sites for hydroxylation is 2. The van der Waals surface area contributed by atoms with E-state index in [0.717, 1.165) is 16.7 Å². The molecule has 0 fully saturated rings. The molecule has 2 N–H and O–H groups in total. The molecule has 0 saturated heterocycles.